The largest absolute Gasteiger partial charge is 0.300 e. The second-order valence-electron chi connectivity index (χ2n) is 4.33. The Morgan fingerprint density at radius 1 is 1.63 bits per heavy atom. The van der Waals surface area contributed by atoms with Crippen molar-refractivity contribution in [2.24, 2.45) is 5.92 Å². The summed E-state index contributed by atoms with van der Waals surface area (Å²) < 4.78 is 25.0. The summed E-state index contributed by atoms with van der Waals surface area (Å²) in [5.74, 6) is -0.440. The molecule has 2 rings (SSSR count). The van der Waals surface area contributed by atoms with Gasteiger partial charge >= 0.3 is 0 Å². The Balaban J connectivity index is 1.99. The molecule has 1 saturated heterocycles. The summed E-state index contributed by atoms with van der Waals surface area (Å²) in [4.78, 5) is 12.0. The van der Waals surface area contributed by atoms with Crippen molar-refractivity contribution >= 4 is 32.4 Å². The fraction of sp³-hybridized carbons (Fsp3) is 0.700. The molecule has 1 atom stereocenters. The van der Waals surface area contributed by atoms with Gasteiger partial charge in [0.2, 0.25) is 21.1 Å². The van der Waals surface area contributed by atoms with Gasteiger partial charge in [0.15, 0.2) is 0 Å². The highest BCUT2D eigenvalue weighted by molar-refractivity contribution is 7.89. The predicted octanol–water partition coefficient (Wildman–Crippen LogP) is 0.538. The number of nitrogens with one attached hydrogen (secondary N) is 1. The van der Waals surface area contributed by atoms with Crippen molar-refractivity contribution < 1.29 is 13.2 Å². The van der Waals surface area contributed by atoms with Gasteiger partial charge in [-0.1, -0.05) is 11.3 Å². The van der Waals surface area contributed by atoms with Crippen LogP contribution in [0.2, 0.25) is 0 Å². The van der Waals surface area contributed by atoms with Crippen LogP contribution in [0.5, 0.6) is 0 Å². The molecule has 0 bridgehead atoms. The molecule has 0 spiro atoms. The molecule has 1 aromatic rings. The lowest BCUT2D eigenvalue weighted by atomic mass is 9.99. The standard InChI is InChI=1S/C10H16N4O3S2/c1-2-19(16,17)14-5-3-4-8(6-14)9(15)12-10-13-11-7-18-10/h7-8H,2-6H2,1H3,(H,12,13,15)/t8-/m0/s1. The zero-order valence-electron chi connectivity index (χ0n) is 10.6. The highest BCUT2D eigenvalue weighted by atomic mass is 32.2. The lowest BCUT2D eigenvalue weighted by Crippen LogP contribution is -2.44. The summed E-state index contributed by atoms with van der Waals surface area (Å²) >= 11 is 1.24. The molecule has 1 N–H and O–H groups in total. The first kappa shape index (κ1) is 14.4. The molecule has 106 valence electrons. The fourth-order valence-corrected chi connectivity index (χ4v) is 3.65. The minimum absolute atomic E-state index is 0.0672. The van der Waals surface area contributed by atoms with Gasteiger partial charge in [0.25, 0.3) is 0 Å². The predicted molar refractivity (Wildman–Crippen MR) is 72.3 cm³/mol. The van der Waals surface area contributed by atoms with Crippen LogP contribution in [0.25, 0.3) is 0 Å². The Bertz CT molecular complexity index is 529. The maximum absolute atomic E-state index is 12.0. The van der Waals surface area contributed by atoms with Crippen LogP contribution in [0.15, 0.2) is 5.51 Å². The van der Waals surface area contributed by atoms with Crippen LogP contribution in [0.4, 0.5) is 5.13 Å². The van der Waals surface area contributed by atoms with Gasteiger partial charge < -0.3 is 5.32 Å². The van der Waals surface area contributed by atoms with Gasteiger partial charge in [-0.2, -0.15) is 0 Å². The lowest BCUT2D eigenvalue weighted by molar-refractivity contribution is -0.120. The molecule has 0 aliphatic carbocycles. The highest BCUT2D eigenvalue weighted by Crippen LogP contribution is 2.21. The molecular formula is C10H16N4O3S2. The average Bonchev–Trinajstić information content (AvgIpc) is 2.91. The molecule has 9 heteroatoms. The molecule has 7 nitrogen and oxygen atoms in total. The average molecular weight is 304 g/mol. The van der Waals surface area contributed by atoms with Crippen LogP contribution < -0.4 is 5.32 Å². The van der Waals surface area contributed by atoms with Crippen molar-refractivity contribution in [1.29, 1.82) is 0 Å². The molecule has 1 aliphatic heterocycles. The Kier molecular flexibility index (Phi) is 4.48. The monoisotopic (exact) mass is 304 g/mol. The Hall–Kier alpha value is -1.06. The van der Waals surface area contributed by atoms with Crippen LogP contribution in [0.3, 0.4) is 0 Å². The summed E-state index contributed by atoms with van der Waals surface area (Å²) in [5.41, 5.74) is 1.53. The van der Waals surface area contributed by atoms with E-state index in [2.05, 4.69) is 15.5 Å². The molecule has 1 aliphatic rings. The molecule has 0 saturated carbocycles. The number of hydrogen-bond acceptors (Lipinski definition) is 6. The van der Waals surface area contributed by atoms with Crippen LogP contribution in [0.1, 0.15) is 19.8 Å². The summed E-state index contributed by atoms with van der Waals surface area (Å²) in [5, 5.41) is 10.5. The summed E-state index contributed by atoms with van der Waals surface area (Å²) in [7, 11) is -3.22. The molecule has 2 heterocycles. The summed E-state index contributed by atoms with van der Waals surface area (Å²) in [6, 6.07) is 0. The second kappa shape index (κ2) is 5.93. The highest BCUT2D eigenvalue weighted by Gasteiger charge is 2.31. The van der Waals surface area contributed by atoms with Gasteiger partial charge in [0.05, 0.1) is 11.7 Å². The van der Waals surface area contributed by atoms with E-state index in [4.69, 9.17) is 0 Å². The molecule has 0 aromatic carbocycles. The van der Waals surface area contributed by atoms with Crippen LogP contribution >= 0.6 is 11.3 Å². The van der Waals surface area contributed by atoms with E-state index in [-0.39, 0.29) is 24.1 Å². The molecular weight excluding hydrogens is 288 g/mol. The smallest absolute Gasteiger partial charge is 0.230 e. The Morgan fingerprint density at radius 3 is 3.05 bits per heavy atom. The lowest BCUT2D eigenvalue weighted by Gasteiger charge is -2.30. The third-order valence-electron chi connectivity index (χ3n) is 3.10. The van der Waals surface area contributed by atoms with E-state index in [0.29, 0.717) is 24.5 Å². The van der Waals surface area contributed by atoms with Crippen molar-refractivity contribution in [2.45, 2.75) is 19.8 Å². The van der Waals surface area contributed by atoms with Crippen molar-refractivity contribution in [3.05, 3.63) is 5.51 Å². The number of aromatic nitrogens is 2. The van der Waals surface area contributed by atoms with Gasteiger partial charge in [0.1, 0.15) is 5.51 Å². The van der Waals surface area contributed by atoms with Crippen molar-refractivity contribution in [3.63, 3.8) is 0 Å². The van der Waals surface area contributed by atoms with Gasteiger partial charge in [0, 0.05) is 13.1 Å². The van der Waals surface area contributed by atoms with E-state index in [9.17, 15) is 13.2 Å². The van der Waals surface area contributed by atoms with Crippen molar-refractivity contribution in [2.75, 3.05) is 24.2 Å². The van der Waals surface area contributed by atoms with E-state index in [1.807, 2.05) is 0 Å². The Labute approximate surface area is 116 Å². The van der Waals surface area contributed by atoms with Gasteiger partial charge in [-0.25, -0.2) is 12.7 Å². The van der Waals surface area contributed by atoms with E-state index in [0.717, 1.165) is 0 Å². The Morgan fingerprint density at radius 2 is 2.42 bits per heavy atom. The van der Waals surface area contributed by atoms with Gasteiger partial charge in [-0.05, 0) is 19.8 Å². The van der Waals surface area contributed by atoms with Crippen molar-refractivity contribution in [3.8, 4) is 0 Å². The number of nitrogens with zero attached hydrogens (tertiary/aromatic N) is 3. The molecule has 19 heavy (non-hydrogen) atoms. The van der Waals surface area contributed by atoms with E-state index in [1.165, 1.54) is 21.2 Å². The van der Waals surface area contributed by atoms with Gasteiger partial charge in [-0.15, -0.1) is 10.2 Å². The maximum atomic E-state index is 12.0. The number of piperidine rings is 1. The first-order valence-electron chi connectivity index (χ1n) is 6.08. The normalized spacial score (nSPS) is 21.2. The number of carbonyl (C=O) groups is 1. The number of anilines is 1. The number of amides is 1. The molecule has 0 unspecified atom stereocenters. The number of sulfonamides is 1. The molecule has 0 radical (unpaired) electrons. The minimum atomic E-state index is -3.22. The topological polar surface area (TPSA) is 92.3 Å². The first-order valence-corrected chi connectivity index (χ1v) is 8.56. The first-order chi connectivity index (χ1) is 9.03. The molecule has 1 aromatic heterocycles. The van der Waals surface area contributed by atoms with E-state index < -0.39 is 10.0 Å². The number of carbonyl (C=O) groups excluding carboxylic acids is 1. The third kappa shape index (κ3) is 3.48. The summed E-state index contributed by atoms with van der Waals surface area (Å²) in [6.07, 6.45) is 1.40. The number of hydrogen-bond donors (Lipinski definition) is 1. The third-order valence-corrected chi connectivity index (χ3v) is 5.56. The molecule has 1 fully saturated rings. The fourth-order valence-electron chi connectivity index (χ4n) is 2.03. The van der Waals surface area contributed by atoms with Gasteiger partial charge in [-0.3, -0.25) is 4.79 Å². The zero-order valence-corrected chi connectivity index (χ0v) is 12.2. The van der Waals surface area contributed by atoms with Crippen LogP contribution in [-0.2, 0) is 14.8 Å². The SMILES string of the molecule is CCS(=O)(=O)N1CCC[C@H](C(=O)Nc2nncs2)C1. The van der Waals surface area contributed by atoms with E-state index >= 15 is 0 Å². The number of rotatable bonds is 4. The summed E-state index contributed by atoms with van der Waals surface area (Å²) in [6.45, 7) is 2.36. The zero-order chi connectivity index (χ0) is 13.9. The van der Waals surface area contributed by atoms with Crippen LogP contribution in [-0.4, -0.2) is 47.7 Å². The molecule has 1 amide bonds. The van der Waals surface area contributed by atoms with E-state index in [1.54, 1.807) is 6.92 Å². The minimum Gasteiger partial charge on any atom is -0.300 e. The quantitative estimate of drug-likeness (QED) is 0.876. The van der Waals surface area contributed by atoms with Crippen LogP contribution in [0, 0.1) is 5.92 Å². The maximum Gasteiger partial charge on any atom is 0.230 e. The van der Waals surface area contributed by atoms with Crippen molar-refractivity contribution in [1.82, 2.24) is 14.5 Å². The second-order valence-corrected chi connectivity index (χ2v) is 7.42.